The summed E-state index contributed by atoms with van der Waals surface area (Å²) in [5, 5.41) is 7.99. The SMILES string of the molecule is O=C(O)C1COCC(=O)N1C1CCCS1(=O)=O. The largest absolute Gasteiger partial charge is 0.480 e. The minimum Gasteiger partial charge on any atom is -0.480 e. The number of aliphatic carboxylic acids is 1. The van der Waals surface area contributed by atoms with Gasteiger partial charge in [0.2, 0.25) is 5.91 Å². The molecule has 0 radical (unpaired) electrons. The van der Waals surface area contributed by atoms with Crippen molar-refractivity contribution in [2.45, 2.75) is 24.3 Å². The maximum absolute atomic E-state index is 11.7. The molecule has 0 saturated carbocycles. The van der Waals surface area contributed by atoms with E-state index < -0.39 is 33.1 Å². The van der Waals surface area contributed by atoms with Crippen molar-refractivity contribution in [3.63, 3.8) is 0 Å². The molecule has 17 heavy (non-hydrogen) atoms. The maximum atomic E-state index is 11.7. The van der Waals surface area contributed by atoms with Crippen LogP contribution >= 0.6 is 0 Å². The van der Waals surface area contributed by atoms with Crippen molar-refractivity contribution >= 4 is 21.7 Å². The summed E-state index contributed by atoms with van der Waals surface area (Å²) in [4.78, 5) is 23.6. The lowest BCUT2D eigenvalue weighted by Gasteiger charge is -2.36. The van der Waals surface area contributed by atoms with Gasteiger partial charge in [0.1, 0.15) is 12.0 Å². The lowest BCUT2D eigenvalue weighted by Crippen LogP contribution is -2.58. The van der Waals surface area contributed by atoms with Crippen LogP contribution in [0.25, 0.3) is 0 Å². The average Bonchev–Trinajstić information content (AvgIpc) is 2.57. The van der Waals surface area contributed by atoms with Crippen LogP contribution in [0.3, 0.4) is 0 Å². The summed E-state index contributed by atoms with van der Waals surface area (Å²) in [6.07, 6.45) is 0.766. The third-order valence-electron chi connectivity index (χ3n) is 3.01. The first-order chi connectivity index (χ1) is 7.93. The second-order valence-corrected chi connectivity index (χ2v) is 6.41. The van der Waals surface area contributed by atoms with Gasteiger partial charge < -0.3 is 14.7 Å². The van der Waals surface area contributed by atoms with Crippen molar-refractivity contribution in [3.05, 3.63) is 0 Å². The normalized spacial score (nSPS) is 32.7. The lowest BCUT2D eigenvalue weighted by molar-refractivity contribution is -0.163. The van der Waals surface area contributed by atoms with Crippen molar-refractivity contribution in [3.8, 4) is 0 Å². The van der Waals surface area contributed by atoms with Gasteiger partial charge in [-0.2, -0.15) is 0 Å². The number of carboxylic acid groups (broad SMARTS) is 1. The van der Waals surface area contributed by atoms with Crippen LogP contribution in [-0.4, -0.2) is 60.7 Å². The topological polar surface area (TPSA) is 101 Å². The Kier molecular flexibility index (Phi) is 3.09. The molecule has 0 aliphatic carbocycles. The highest BCUT2D eigenvalue weighted by molar-refractivity contribution is 7.92. The molecule has 0 bridgehead atoms. The van der Waals surface area contributed by atoms with E-state index in [4.69, 9.17) is 9.84 Å². The second kappa shape index (κ2) is 4.26. The number of carbonyl (C=O) groups excluding carboxylic acids is 1. The van der Waals surface area contributed by atoms with Crippen molar-refractivity contribution in [1.82, 2.24) is 4.90 Å². The van der Waals surface area contributed by atoms with Crippen molar-refractivity contribution in [1.29, 1.82) is 0 Å². The van der Waals surface area contributed by atoms with Crippen molar-refractivity contribution in [2.75, 3.05) is 19.0 Å². The highest BCUT2D eigenvalue weighted by Crippen LogP contribution is 2.27. The molecule has 0 spiro atoms. The van der Waals surface area contributed by atoms with E-state index in [2.05, 4.69) is 0 Å². The van der Waals surface area contributed by atoms with Gasteiger partial charge in [-0.1, -0.05) is 0 Å². The summed E-state index contributed by atoms with van der Waals surface area (Å²) in [6.45, 7) is -0.414. The molecule has 0 aromatic rings. The zero-order chi connectivity index (χ0) is 12.6. The Morgan fingerprint density at radius 1 is 1.47 bits per heavy atom. The molecule has 0 aromatic heterocycles. The Hall–Kier alpha value is -1.15. The van der Waals surface area contributed by atoms with Gasteiger partial charge in [-0.3, -0.25) is 4.79 Å². The number of ether oxygens (including phenoxy) is 1. The van der Waals surface area contributed by atoms with E-state index in [1.165, 1.54) is 0 Å². The molecule has 2 fully saturated rings. The van der Waals surface area contributed by atoms with Gasteiger partial charge >= 0.3 is 5.97 Å². The molecule has 1 N–H and O–H groups in total. The predicted molar refractivity (Wildman–Crippen MR) is 55.9 cm³/mol. The number of sulfone groups is 1. The number of hydrogen-bond donors (Lipinski definition) is 1. The van der Waals surface area contributed by atoms with E-state index >= 15 is 0 Å². The van der Waals surface area contributed by atoms with Crippen LogP contribution in [-0.2, 0) is 24.2 Å². The van der Waals surface area contributed by atoms with Crippen molar-refractivity contribution in [2.24, 2.45) is 0 Å². The lowest BCUT2D eigenvalue weighted by atomic mass is 10.2. The fourth-order valence-corrected chi connectivity index (χ4v) is 4.20. The predicted octanol–water partition coefficient (Wildman–Crippen LogP) is -1.17. The summed E-state index contributed by atoms with van der Waals surface area (Å²) in [7, 11) is -3.40. The molecule has 96 valence electrons. The number of nitrogens with zero attached hydrogens (tertiary/aromatic N) is 1. The first-order valence-electron chi connectivity index (χ1n) is 5.27. The summed E-state index contributed by atoms with van der Waals surface area (Å²) in [6, 6.07) is -1.20. The van der Waals surface area contributed by atoms with Crippen LogP contribution < -0.4 is 0 Å². The summed E-state index contributed by atoms with van der Waals surface area (Å²) in [5.74, 6) is -1.80. The van der Waals surface area contributed by atoms with E-state index in [-0.39, 0.29) is 19.0 Å². The number of amides is 1. The molecule has 2 saturated heterocycles. The molecule has 2 unspecified atom stereocenters. The molecule has 2 rings (SSSR count). The van der Waals surface area contributed by atoms with Gasteiger partial charge in [0.15, 0.2) is 15.9 Å². The quantitative estimate of drug-likeness (QED) is 0.674. The first-order valence-corrected chi connectivity index (χ1v) is 6.98. The molecule has 0 aromatic carbocycles. The standard InChI is InChI=1S/C9H13NO6S/c11-7-5-16-4-6(9(12)13)10(7)8-2-1-3-17(8,14)15/h6,8H,1-5H2,(H,12,13). The molecule has 8 heteroatoms. The zero-order valence-corrected chi connectivity index (χ0v) is 9.85. The first kappa shape index (κ1) is 12.3. The fraction of sp³-hybridized carbons (Fsp3) is 0.778. The van der Waals surface area contributed by atoms with Crippen LogP contribution in [0.5, 0.6) is 0 Å². The Balaban J connectivity index is 2.32. The molecule has 1 amide bonds. The van der Waals surface area contributed by atoms with E-state index in [9.17, 15) is 18.0 Å². The van der Waals surface area contributed by atoms with Crippen LogP contribution in [0.1, 0.15) is 12.8 Å². The summed E-state index contributed by atoms with van der Waals surface area (Å²) >= 11 is 0. The van der Waals surface area contributed by atoms with E-state index in [1.54, 1.807) is 0 Å². The highest BCUT2D eigenvalue weighted by atomic mass is 32.2. The zero-order valence-electron chi connectivity index (χ0n) is 9.03. The van der Waals surface area contributed by atoms with Gasteiger partial charge in [-0.15, -0.1) is 0 Å². The van der Waals surface area contributed by atoms with Gasteiger partial charge in [0, 0.05) is 0 Å². The second-order valence-electron chi connectivity index (χ2n) is 4.13. The minimum atomic E-state index is -3.40. The average molecular weight is 263 g/mol. The van der Waals surface area contributed by atoms with Gasteiger partial charge in [-0.05, 0) is 12.8 Å². The van der Waals surface area contributed by atoms with Gasteiger partial charge in [0.05, 0.1) is 12.4 Å². The third-order valence-corrected chi connectivity index (χ3v) is 5.16. The fourth-order valence-electron chi connectivity index (χ4n) is 2.22. The highest BCUT2D eigenvalue weighted by Gasteiger charge is 2.45. The molecular formula is C9H13NO6S. The van der Waals surface area contributed by atoms with E-state index in [1.807, 2.05) is 0 Å². The summed E-state index contributed by atoms with van der Waals surface area (Å²) in [5.41, 5.74) is 0. The molecule has 2 aliphatic heterocycles. The van der Waals surface area contributed by atoms with Crippen LogP contribution in [0.2, 0.25) is 0 Å². The Labute approximate surface area is 98.3 Å². The monoisotopic (exact) mass is 263 g/mol. The van der Waals surface area contributed by atoms with Gasteiger partial charge in [-0.25, -0.2) is 13.2 Å². The Bertz CT molecular complexity index is 444. The number of hydrogen-bond acceptors (Lipinski definition) is 5. The maximum Gasteiger partial charge on any atom is 0.328 e. The number of rotatable bonds is 2. The molecule has 2 atom stereocenters. The Morgan fingerprint density at radius 2 is 2.18 bits per heavy atom. The van der Waals surface area contributed by atoms with Crippen molar-refractivity contribution < 1.29 is 27.9 Å². The van der Waals surface area contributed by atoms with Crippen LogP contribution in [0.4, 0.5) is 0 Å². The molecular weight excluding hydrogens is 250 g/mol. The van der Waals surface area contributed by atoms with Crippen LogP contribution in [0.15, 0.2) is 0 Å². The summed E-state index contributed by atoms with van der Waals surface area (Å²) < 4.78 is 28.3. The minimum absolute atomic E-state index is 0.00857. The number of carboxylic acids is 1. The molecule has 2 aliphatic rings. The Morgan fingerprint density at radius 3 is 2.71 bits per heavy atom. The smallest absolute Gasteiger partial charge is 0.328 e. The molecule has 2 heterocycles. The van der Waals surface area contributed by atoms with E-state index in [0.717, 1.165) is 4.90 Å². The molecule has 7 nitrogen and oxygen atoms in total. The number of carbonyl (C=O) groups is 2. The van der Waals surface area contributed by atoms with Crippen LogP contribution in [0, 0.1) is 0 Å². The third kappa shape index (κ3) is 2.14. The number of morpholine rings is 1. The van der Waals surface area contributed by atoms with E-state index in [0.29, 0.717) is 12.8 Å². The van der Waals surface area contributed by atoms with Gasteiger partial charge in [0.25, 0.3) is 0 Å².